The van der Waals surface area contributed by atoms with E-state index >= 15 is 0 Å². The molecule has 0 saturated carbocycles. The lowest BCUT2D eigenvalue weighted by molar-refractivity contribution is 0.112. The number of phenolic OH excluding ortho intramolecular Hbond substituents is 2. The Balaban J connectivity index is 0.000000184. The highest BCUT2D eigenvalue weighted by atomic mass is 79.9. The van der Waals surface area contributed by atoms with Gasteiger partial charge in [0.2, 0.25) is 0 Å². The first-order chi connectivity index (χ1) is 8.56. The summed E-state index contributed by atoms with van der Waals surface area (Å²) < 4.78 is 1.28. The van der Waals surface area contributed by atoms with Crippen molar-refractivity contribution in [1.29, 1.82) is 0 Å². The van der Waals surface area contributed by atoms with Crippen LogP contribution in [0.2, 0.25) is 0 Å². The molecular formula is C13H10Br2O3. The molecule has 2 N–H and O–H groups in total. The van der Waals surface area contributed by atoms with Gasteiger partial charge in [-0.1, -0.05) is 18.2 Å². The van der Waals surface area contributed by atoms with Crippen LogP contribution in [0.3, 0.4) is 0 Å². The molecule has 94 valence electrons. The van der Waals surface area contributed by atoms with Crippen LogP contribution >= 0.6 is 31.9 Å². The number of hydrogen-bond donors (Lipinski definition) is 2. The van der Waals surface area contributed by atoms with E-state index in [4.69, 9.17) is 10.2 Å². The fourth-order valence-electron chi connectivity index (χ4n) is 1.08. The normalized spacial score (nSPS) is 9.22. The minimum atomic E-state index is -0.00231. The zero-order valence-electron chi connectivity index (χ0n) is 9.18. The number of phenols is 2. The molecule has 0 aliphatic rings. The maximum absolute atomic E-state index is 10.2. The molecule has 0 fully saturated rings. The highest BCUT2D eigenvalue weighted by Crippen LogP contribution is 2.25. The van der Waals surface area contributed by atoms with Gasteiger partial charge in [0.1, 0.15) is 11.5 Å². The summed E-state index contributed by atoms with van der Waals surface area (Å²) in [6.07, 6.45) is 0.611. The summed E-state index contributed by atoms with van der Waals surface area (Å²) in [4.78, 5) is 10.2. The fraction of sp³-hybridized carbons (Fsp3) is 0. The summed E-state index contributed by atoms with van der Waals surface area (Å²) in [6, 6.07) is 12.0. The lowest BCUT2D eigenvalue weighted by atomic mass is 10.2. The topological polar surface area (TPSA) is 57.5 Å². The lowest BCUT2D eigenvalue weighted by Gasteiger charge is -1.96. The first-order valence-corrected chi connectivity index (χ1v) is 6.51. The van der Waals surface area contributed by atoms with Crippen LogP contribution in [0.1, 0.15) is 10.4 Å². The van der Waals surface area contributed by atoms with E-state index in [1.165, 1.54) is 0 Å². The van der Waals surface area contributed by atoms with Crippen molar-refractivity contribution in [3.05, 3.63) is 57.0 Å². The first kappa shape index (κ1) is 14.7. The van der Waals surface area contributed by atoms with Crippen LogP contribution in [0.25, 0.3) is 0 Å². The van der Waals surface area contributed by atoms with Crippen molar-refractivity contribution in [2.24, 2.45) is 0 Å². The second kappa shape index (κ2) is 7.18. The molecule has 3 nitrogen and oxygen atoms in total. The van der Waals surface area contributed by atoms with Crippen LogP contribution < -0.4 is 0 Å². The Kier molecular flexibility index (Phi) is 5.88. The summed E-state index contributed by atoms with van der Waals surface area (Å²) in [7, 11) is 0. The maximum Gasteiger partial charge on any atom is 0.153 e. The van der Waals surface area contributed by atoms with E-state index in [0.717, 1.165) is 4.47 Å². The van der Waals surface area contributed by atoms with Crippen molar-refractivity contribution in [3.63, 3.8) is 0 Å². The van der Waals surface area contributed by atoms with Gasteiger partial charge in [0.15, 0.2) is 6.29 Å². The molecule has 0 radical (unpaired) electrons. The Morgan fingerprint density at radius 3 is 1.94 bits per heavy atom. The number of benzene rings is 2. The largest absolute Gasteiger partial charge is 0.507 e. The minimum Gasteiger partial charge on any atom is -0.507 e. The number of para-hydroxylation sites is 2. The third kappa shape index (κ3) is 4.16. The number of hydrogen-bond acceptors (Lipinski definition) is 3. The molecule has 0 atom stereocenters. The molecule has 0 bridgehead atoms. The zero-order valence-corrected chi connectivity index (χ0v) is 12.3. The summed E-state index contributed by atoms with van der Waals surface area (Å²) in [6.45, 7) is 0. The van der Waals surface area contributed by atoms with Gasteiger partial charge in [-0.3, -0.25) is 4.79 Å². The van der Waals surface area contributed by atoms with Crippen molar-refractivity contribution in [2.75, 3.05) is 0 Å². The van der Waals surface area contributed by atoms with Crippen LogP contribution in [-0.2, 0) is 0 Å². The van der Waals surface area contributed by atoms with E-state index in [1.54, 1.807) is 36.4 Å². The Hall–Kier alpha value is -1.33. The zero-order chi connectivity index (χ0) is 13.5. The second-order valence-corrected chi connectivity index (χ2v) is 4.96. The average Bonchev–Trinajstić information content (AvgIpc) is 2.37. The Morgan fingerprint density at radius 2 is 1.50 bits per heavy atom. The maximum atomic E-state index is 10.2. The van der Waals surface area contributed by atoms with E-state index in [2.05, 4.69) is 31.9 Å². The van der Waals surface area contributed by atoms with E-state index in [1.807, 2.05) is 6.07 Å². The molecule has 2 aromatic carbocycles. The molecule has 0 amide bonds. The quantitative estimate of drug-likeness (QED) is 0.739. The summed E-state index contributed by atoms with van der Waals surface area (Å²) in [5.41, 5.74) is 0.300. The third-order valence-electron chi connectivity index (χ3n) is 2.00. The molecule has 0 aliphatic heterocycles. The van der Waals surface area contributed by atoms with Crippen LogP contribution in [-0.4, -0.2) is 16.5 Å². The first-order valence-electron chi connectivity index (χ1n) is 4.92. The van der Waals surface area contributed by atoms with E-state index in [0.29, 0.717) is 16.3 Å². The van der Waals surface area contributed by atoms with Crippen LogP contribution in [0.4, 0.5) is 0 Å². The molecule has 5 heteroatoms. The van der Waals surface area contributed by atoms with Gasteiger partial charge < -0.3 is 10.2 Å². The molecule has 0 saturated heterocycles. The Labute approximate surface area is 121 Å². The second-order valence-electron chi connectivity index (χ2n) is 3.25. The van der Waals surface area contributed by atoms with Crippen molar-refractivity contribution < 1.29 is 15.0 Å². The van der Waals surface area contributed by atoms with Crippen molar-refractivity contribution in [1.82, 2.24) is 0 Å². The van der Waals surface area contributed by atoms with Crippen molar-refractivity contribution in [3.8, 4) is 11.5 Å². The SMILES string of the molecule is O=Cc1cccc(Br)c1O.Oc1ccccc1Br. The molecule has 18 heavy (non-hydrogen) atoms. The van der Waals surface area contributed by atoms with Gasteiger partial charge in [0.25, 0.3) is 0 Å². The van der Waals surface area contributed by atoms with Crippen molar-refractivity contribution in [2.45, 2.75) is 0 Å². The van der Waals surface area contributed by atoms with E-state index in [9.17, 15) is 4.79 Å². The minimum absolute atomic E-state index is 0.00231. The molecule has 2 aromatic rings. The van der Waals surface area contributed by atoms with E-state index in [-0.39, 0.29) is 11.5 Å². The molecule has 0 spiro atoms. The summed E-state index contributed by atoms with van der Waals surface area (Å²) in [5.74, 6) is 0.282. The average molecular weight is 374 g/mol. The smallest absolute Gasteiger partial charge is 0.153 e. The highest BCUT2D eigenvalue weighted by Gasteiger charge is 2.01. The standard InChI is InChI=1S/C7H5BrO2.C6H5BrO/c8-6-3-1-2-5(4-9)7(6)10;7-5-3-1-2-4-6(5)8/h1-4,10H;1-4,8H. The van der Waals surface area contributed by atoms with Crippen LogP contribution in [0.5, 0.6) is 11.5 Å². The van der Waals surface area contributed by atoms with Crippen molar-refractivity contribution >= 4 is 38.1 Å². The Bertz CT molecular complexity index is 521. The van der Waals surface area contributed by atoms with Gasteiger partial charge >= 0.3 is 0 Å². The number of carbonyl (C=O) groups is 1. The molecule has 0 aliphatic carbocycles. The molecule has 0 unspecified atom stereocenters. The molecular weight excluding hydrogens is 364 g/mol. The fourth-order valence-corrected chi connectivity index (χ4v) is 1.75. The van der Waals surface area contributed by atoms with Gasteiger partial charge in [-0.2, -0.15) is 0 Å². The Morgan fingerprint density at radius 1 is 0.889 bits per heavy atom. The number of carbonyl (C=O) groups excluding carboxylic acids is 1. The molecule has 0 heterocycles. The molecule has 2 rings (SSSR count). The number of halogens is 2. The number of aldehydes is 1. The van der Waals surface area contributed by atoms with Gasteiger partial charge in [0.05, 0.1) is 14.5 Å². The van der Waals surface area contributed by atoms with Gasteiger partial charge in [-0.15, -0.1) is 0 Å². The van der Waals surface area contributed by atoms with Crippen LogP contribution in [0.15, 0.2) is 51.4 Å². The predicted octanol–water partition coefficient (Wildman–Crippen LogP) is 4.12. The van der Waals surface area contributed by atoms with Gasteiger partial charge in [-0.05, 0) is 56.1 Å². The summed E-state index contributed by atoms with van der Waals surface area (Å²) in [5, 5.41) is 18.0. The highest BCUT2D eigenvalue weighted by molar-refractivity contribution is 9.10. The van der Waals surface area contributed by atoms with Gasteiger partial charge in [-0.25, -0.2) is 0 Å². The lowest BCUT2D eigenvalue weighted by Crippen LogP contribution is -1.79. The third-order valence-corrected chi connectivity index (χ3v) is 3.31. The number of aromatic hydroxyl groups is 2. The van der Waals surface area contributed by atoms with E-state index < -0.39 is 0 Å². The predicted molar refractivity (Wildman–Crippen MR) is 77.0 cm³/mol. The number of rotatable bonds is 1. The molecule has 0 aromatic heterocycles. The van der Waals surface area contributed by atoms with Crippen LogP contribution in [0, 0.1) is 0 Å². The monoisotopic (exact) mass is 372 g/mol. The summed E-state index contributed by atoms with van der Waals surface area (Å²) >= 11 is 6.22. The van der Waals surface area contributed by atoms with Gasteiger partial charge in [0, 0.05) is 0 Å².